The molecule has 1 spiro atoms. The Kier molecular flexibility index (Phi) is 3.29. The van der Waals surface area contributed by atoms with Crippen molar-refractivity contribution in [2.24, 2.45) is 11.3 Å². The fourth-order valence-corrected chi connectivity index (χ4v) is 4.61. The third-order valence-corrected chi connectivity index (χ3v) is 5.95. The summed E-state index contributed by atoms with van der Waals surface area (Å²) >= 11 is 0. The minimum Gasteiger partial charge on any atom is -0.444 e. The largest absolute Gasteiger partial charge is 0.444 e. The van der Waals surface area contributed by atoms with Crippen molar-refractivity contribution in [1.82, 2.24) is 9.80 Å². The molecule has 2 heterocycles. The molecule has 4 aliphatic rings. The van der Waals surface area contributed by atoms with Crippen LogP contribution in [0.15, 0.2) is 0 Å². The Hall–Kier alpha value is -1.59. The zero-order valence-corrected chi connectivity index (χ0v) is 14.7. The first kappa shape index (κ1) is 15.9. The third kappa shape index (κ3) is 2.18. The van der Waals surface area contributed by atoms with E-state index in [-0.39, 0.29) is 35.9 Å². The first-order chi connectivity index (χ1) is 11.2. The van der Waals surface area contributed by atoms with Crippen molar-refractivity contribution in [3.63, 3.8) is 0 Å². The van der Waals surface area contributed by atoms with E-state index in [1.54, 1.807) is 4.90 Å². The van der Waals surface area contributed by atoms with Gasteiger partial charge in [-0.15, -0.1) is 0 Å². The molecule has 2 atom stereocenters. The van der Waals surface area contributed by atoms with Crippen molar-refractivity contribution in [1.29, 1.82) is 0 Å². The number of amides is 3. The number of carbonyl (C=O) groups is 3. The molecule has 0 N–H and O–H groups in total. The lowest BCUT2D eigenvalue weighted by Gasteiger charge is -2.43. The first-order valence-corrected chi connectivity index (χ1v) is 9.12. The Morgan fingerprint density at radius 1 is 1.17 bits per heavy atom. The molecule has 24 heavy (non-hydrogen) atoms. The molecule has 0 aromatic rings. The van der Waals surface area contributed by atoms with Crippen LogP contribution >= 0.6 is 0 Å². The summed E-state index contributed by atoms with van der Waals surface area (Å²) in [5, 5.41) is 0. The second kappa shape index (κ2) is 4.96. The van der Waals surface area contributed by atoms with Crippen LogP contribution in [-0.2, 0) is 14.3 Å². The van der Waals surface area contributed by atoms with Crippen molar-refractivity contribution in [2.45, 2.75) is 77.0 Å². The number of hydrogen-bond acceptors (Lipinski definition) is 4. The van der Waals surface area contributed by atoms with Gasteiger partial charge in [0.1, 0.15) is 5.60 Å². The van der Waals surface area contributed by atoms with Crippen molar-refractivity contribution < 1.29 is 19.1 Å². The summed E-state index contributed by atoms with van der Waals surface area (Å²) in [5.41, 5.74) is -1.10. The average Bonchev–Trinajstić information content (AvgIpc) is 3.12. The lowest BCUT2D eigenvalue weighted by Crippen LogP contribution is -2.53. The zero-order chi connectivity index (χ0) is 17.3. The Balaban J connectivity index is 1.63. The number of fused-ring (bicyclic) bond motifs is 2. The molecule has 0 radical (unpaired) electrons. The van der Waals surface area contributed by atoms with Gasteiger partial charge in [0.15, 0.2) is 0 Å². The van der Waals surface area contributed by atoms with Gasteiger partial charge in [-0.3, -0.25) is 14.5 Å². The van der Waals surface area contributed by atoms with Gasteiger partial charge >= 0.3 is 6.09 Å². The van der Waals surface area contributed by atoms with E-state index in [4.69, 9.17) is 4.74 Å². The van der Waals surface area contributed by atoms with E-state index in [0.29, 0.717) is 13.0 Å². The van der Waals surface area contributed by atoms with Crippen LogP contribution in [0.25, 0.3) is 0 Å². The second-order valence-electron chi connectivity index (χ2n) is 8.77. The molecule has 3 amide bonds. The summed E-state index contributed by atoms with van der Waals surface area (Å²) in [6.45, 7) is 6.11. The number of ether oxygens (including phenoxy) is 1. The van der Waals surface area contributed by atoms with Crippen LogP contribution in [0.4, 0.5) is 4.79 Å². The van der Waals surface area contributed by atoms with E-state index in [9.17, 15) is 14.4 Å². The maximum Gasteiger partial charge on any atom is 0.410 e. The highest BCUT2D eigenvalue weighted by atomic mass is 16.6. The number of rotatable bonds is 1. The van der Waals surface area contributed by atoms with Crippen molar-refractivity contribution >= 4 is 17.9 Å². The molecule has 4 rings (SSSR count). The van der Waals surface area contributed by atoms with Gasteiger partial charge in [0.25, 0.3) is 0 Å². The van der Waals surface area contributed by atoms with Crippen LogP contribution in [0.2, 0.25) is 0 Å². The van der Waals surface area contributed by atoms with E-state index in [0.717, 1.165) is 32.1 Å². The highest BCUT2D eigenvalue weighted by Gasteiger charge is 2.68. The van der Waals surface area contributed by atoms with Crippen LogP contribution in [-0.4, -0.2) is 51.9 Å². The Morgan fingerprint density at radius 2 is 1.83 bits per heavy atom. The van der Waals surface area contributed by atoms with Crippen molar-refractivity contribution in [3.8, 4) is 0 Å². The predicted molar refractivity (Wildman–Crippen MR) is 86.0 cm³/mol. The number of carbonyl (C=O) groups excluding carboxylic acids is 3. The molecular weight excluding hydrogens is 308 g/mol. The van der Waals surface area contributed by atoms with Crippen LogP contribution in [0.1, 0.15) is 59.3 Å². The molecule has 0 unspecified atom stereocenters. The summed E-state index contributed by atoms with van der Waals surface area (Å²) in [7, 11) is 0. The van der Waals surface area contributed by atoms with E-state index in [2.05, 4.69) is 0 Å². The van der Waals surface area contributed by atoms with Crippen LogP contribution in [0, 0.1) is 11.3 Å². The molecule has 132 valence electrons. The minimum absolute atomic E-state index is 0.00943. The van der Waals surface area contributed by atoms with Crippen LogP contribution in [0.3, 0.4) is 0 Å². The minimum atomic E-state index is -0.561. The van der Waals surface area contributed by atoms with Gasteiger partial charge in [-0.2, -0.15) is 0 Å². The molecule has 2 aliphatic heterocycles. The lowest BCUT2D eigenvalue weighted by atomic mass is 9.64. The maximum absolute atomic E-state index is 13.1. The lowest BCUT2D eigenvalue weighted by molar-refractivity contribution is -0.151. The Bertz CT molecular complexity index is 601. The fraction of sp³-hybridized carbons (Fsp3) is 0.833. The topological polar surface area (TPSA) is 66.9 Å². The van der Waals surface area contributed by atoms with Crippen molar-refractivity contribution in [3.05, 3.63) is 0 Å². The third-order valence-electron chi connectivity index (χ3n) is 5.95. The van der Waals surface area contributed by atoms with Gasteiger partial charge in [-0.1, -0.05) is 6.42 Å². The molecule has 0 aromatic carbocycles. The highest BCUT2D eigenvalue weighted by molar-refractivity contribution is 6.03. The monoisotopic (exact) mass is 334 g/mol. The molecule has 6 heteroatoms. The molecular formula is C18H26N2O4. The molecule has 0 aromatic heterocycles. The summed E-state index contributed by atoms with van der Waals surface area (Å²) in [6.07, 6.45) is 4.65. The van der Waals surface area contributed by atoms with Crippen molar-refractivity contribution in [2.75, 3.05) is 6.54 Å². The van der Waals surface area contributed by atoms with E-state index < -0.39 is 11.0 Å². The smallest absolute Gasteiger partial charge is 0.410 e. The van der Waals surface area contributed by atoms with E-state index >= 15 is 0 Å². The van der Waals surface area contributed by atoms with Gasteiger partial charge in [0.2, 0.25) is 11.8 Å². The summed E-state index contributed by atoms with van der Waals surface area (Å²) in [4.78, 5) is 41.7. The molecule has 0 bridgehead atoms. The Morgan fingerprint density at radius 3 is 2.33 bits per heavy atom. The molecule has 4 fully saturated rings. The fourth-order valence-electron chi connectivity index (χ4n) is 4.61. The average molecular weight is 334 g/mol. The highest BCUT2D eigenvalue weighted by Crippen LogP contribution is 2.56. The summed E-state index contributed by atoms with van der Waals surface area (Å²) in [5.74, 6) is -0.0147. The molecule has 2 saturated carbocycles. The van der Waals surface area contributed by atoms with Gasteiger partial charge in [0.05, 0.1) is 17.5 Å². The summed E-state index contributed by atoms with van der Waals surface area (Å²) in [6, 6.07) is -0.352. The molecule has 2 saturated heterocycles. The predicted octanol–water partition coefficient (Wildman–Crippen LogP) is 2.31. The van der Waals surface area contributed by atoms with Gasteiger partial charge < -0.3 is 9.64 Å². The van der Waals surface area contributed by atoms with Gasteiger partial charge in [0, 0.05) is 12.5 Å². The quantitative estimate of drug-likeness (QED) is 0.690. The van der Waals surface area contributed by atoms with E-state index in [1.807, 2.05) is 20.8 Å². The van der Waals surface area contributed by atoms with E-state index in [1.165, 1.54) is 4.90 Å². The Labute approximate surface area is 142 Å². The first-order valence-electron chi connectivity index (χ1n) is 9.12. The molecule has 6 nitrogen and oxygen atoms in total. The zero-order valence-electron chi connectivity index (χ0n) is 14.7. The SMILES string of the molecule is CC(C)(C)OC(=O)N1CC[C@H]2[C@H]1C1(CCC1)C(=O)N2C(=O)C1CC1. The summed E-state index contributed by atoms with van der Waals surface area (Å²) < 4.78 is 5.55. The van der Waals surface area contributed by atoms with Gasteiger partial charge in [-0.25, -0.2) is 4.79 Å². The molecule has 2 aliphatic carbocycles. The van der Waals surface area contributed by atoms with Gasteiger partial charge in [-0.05, 0) is 52.9 Å². The second-order valence-corrected chi connectivity index (χ2v) is 8.77. The number of likely N-dealkylation sites (tertiary alicyclic amines) is 2. The number of imide groups is 1. The maximum atomic E-state index is 13.1. The van der Waals surface area contributed by atoms with Crippen LogP contribution < -0.4 is 0 Å². The normalized spacial score (nSPS) is 31.2. The number of nitrogens with zero attached hydrogens (tertiary/aromatic N) is 2. The standard InChI is InChI=1S/C18H26N2O4/c1-17(2,3)24-16(23)19-10-7-12-13(19)18(8-4-9-18)15(22)20(12)14(21)11-5-6-11/h11-13H,4-10H2,1-3H3/t12-,13-/m0/s1. The number of hydrogen-bond donors (Lipinski definition) is 0. The van der Waals surface area contributed by atoms with Crippen LogP contribution in [0.5, 0.6) is 0 Å².